The van der Waals surface area contributed by atoms with Gasteiger partial charge in [-0.3, -0.25) is 9.59 Å². The van der Waals surface area contributed by atoms with Crippen molar-refractivity contribution in [3.63, 3.8) is 0 Å². The molecule has 3 aromatic carbocycles. The molecule has 33 heavy (non-hydrogen) atoms. The van der Waals surface area contributed by atoms with E-state index in [1.165, 1.54) is 6.08 Å². The molecule has 0 fully saturated rings. The lowest BCUT2D eigenvalue weighted by Crippen LogP contribution is -2.25. The number of rotatable bonds is 8. The highest BCUT2D eigenvalue weighted by Gasteiger charge is 2.14. The van der Waals surface area contributed by atoms with Gasteiger partial charge in [-0.05, 0) is 29.8 Å². The SMILES string of the molecule is C=CC(=O)Nc1ccccc1CC(=O)NCc1cn(-c2ccccc2)nc1-c1ccccc1. The Balaban J connectivity index is 1.52. The largest absolute Gasteiger partial charge is 0.352 e. The van der Waals surface area contributed by atoms with Crippen molar-refractivity contribution in [1.82, 2.24) is 15.1 Å². The number of carbonyl (C=O) groups is 2. The van der Waals surface area contributed by atoms with Crippen molar-refractivity contribution in [2.24, 2.45) is 0 Å². The number of hydrogen-bond donors (Lipinski definition) is 2. The van der Waals surface area contributed by atoms with Crippen molar-refractivity contribution in [2.45, 2.75) is 13.0 Å². The molecular formula is C27H24N4O2. The van der Waals surface area contributed by atoms with E-state index in [1.807, 2.05) is 89.7 Å². The van der Waals surface area contributed by atoms with E-state index in [9.17, 15) is 9.59 Å². The number of anilines is 1. The van der Waals surface area contributed by atoms with Crippen molar-refractivity contribution >= 4 is 17.5 Å². The second kappa shape index (κ2) is 10.2. The fourth-order valence-electron chi connectivity index (χ4n) is 3.50. The maximum atomic E-state index is 12.7. The van der Waals surface area contributed by atoms with Gasteiger partial charge in [0.25, 0.3) is 0 Å². The van der Waals surface area contributed by atoms with Gasteiger partial charge in [0.1, 0.15) is 0 Å². The second-order valence-electron chi connectivity index (χ2n) is 7.45. The molecule has 164 valence electrons. The standard InChI is InChI=1S/C27H24N4O2/c1-2-25(32)29-24-16-10-9-13-21(24)17-26(33)28-18-22-19-31(23-14-7-4-8-15-23)30-27(22)20-11-5-3-6-12-20/h2-16,19H,1,17-18H2,(H,28,33)(H,29,32). The minimum atomic E-state index is -0.316. The average Bonchev–Trinajstić information content (AvgIpc) is 3.29. The molecule has 0 saturated heterocycles. The van der Waals surface area contributed by atoms with E-state index >= 15 is 0 Å². The van der Waals surface area contributed by atoms with Crippen LogP contribution >= 0.6 is 0 Å². The summed E-state index contributed by atoms with van der Waals surface area (Å²) in [7, 11) is 0. The first-order valence-electron chi connectivity index (χ1n) is 10.6. The van der Waals surface area contributed by atoms with Crippen molar-refractivity contribution in [2.75, 3.05) is 5.32 Å². The zero-order valence-electron chi connectivity index (χ0n) is 18.1. The van der Waals surface area contributed by atoms with Crippen LogP contribution in [0.2, 0.25) is 0 Å². The molecule has 4 aromatic rings. The quantitative estimate of drug-likeness (QED) is 0.399. The van der Waals surface area contributed by atoms with E-state index in [0.717, 1.165) is 28.1 Å². The lowest BCUT2D eigenvalue weighted by Gasteiger charge is -2.10. The zero-order valence-corrected chi connectivity index (χ0v) is 18.1. The minimum absolute atomic E-state index is 0.140. The van der Waals surface area contributed by atoms with Gasteiger partial charge in [0.15, 0.2) is 0 Å². The number of benzene rings is 3. The Bertz CT molecular complexity index is 1260. The van der Waals surface area contributed by atoms with Gasteiger partial charge in [-0.15, -0.1) is 0 Å². The fraction of sp³-hybridized carbons (Fsp3) is 0.0741. The predicted octanol–water partition coefficient (Wildman–Crippen LogP) is 4.52. The van der Waals surface area contributed by atoms with Crippen LogP contribution in [-0.4, -0.2) is 21.6 Å². The molecule has 0 aliphatic carbocycles. The lowest BCUT2D eigenvalue weighted by molar-refractivity contribution is -0.120. The van der Waals surface area contributed by atoms with Crippen molar-refractivity contribution in [3.05, 3.63) is 115 Å². The number of nitrogens with one attached hydrogen (secondary N) is 2. The first-order chi connectivity index (χ1) is 16.1. The lowest BCUT2D eigenvalue weighted by atomic mass is 10.1. The van der Waals surface area contributed by atoms with Gasteiger partial charge in [0.05, 0.1) is 17.8 Å². The van der Waals surface area contributed by atoms with Crippen LogP contribution in [0, 0.1) is 0 Å². The molecule has 6 heteroatoms. The average molecular weight is 437 g/mol. The Morgan fingerprint density at radius 1 is 0.879 bits per heavy atom. The maximum absolute atomic E-state index is 12.7. The van der Waals surface area contributed by atoms with Gasteiger partial charge in [-0.25, -0.2) is 4.68 Å². The summed E-state index contributed by atoms with van der Waals surface area (Å²) in [5, 5.41) is 10.5. The molecule has 6 nitrogen and oxygen atoms in total. The van der Waals surface area contributed by atoms with Crippen molar-refractivity contribution in [1.29, 1.82) is 0 Å². The Kier molecular flexibility index (Phi) is 6.75. The number of nitrogens with zero attached hydrogens (tertiary/aromatic N) is 2. The summed E-state index contributed by atoms with van der Waals surface area (Å²) in [6, 6.07) is 27.0. The second-order valence-corrected chi connectivity index (χ2v) is 7.45. The van der Waals surface area contributed by atoms with Crippen LogP contribution in [0.4, 0.5) is 5.69 Å². The van der Waals surface area contributed by atoms with Gasteiger partial charge in [-0.2, -0.15) is 5.10 Å². The van der Waals surface area contributed by atoms with E-state index in [-0.39, 0.29) is 18.2 Å². The smallest absolute Gasteiger partial charge is 0.247 e. The Labute approximate surface area is 192 Å². The van der Waals surface area contributed by atoms with Gasteiger partial charge in [-0.1, -0.05) is 73.3 Å². The molecule has 0 saturated carbocycles. The molecule has 0 bridgehead atoms. The Morgan fingerprint density at radius 3 is 2.27 bits per heavy atom. The summed E-state index contributed by atoms with van der Waals surface area (Å²) in [5.41, 5.74) is 4.98. The van der Waals surface area contributed by atoms with E-state index in [1.54, 1.807) is 6.07 Å². The van der Waals surface area contributed by atoms with E-state index < -0.39 is 0 Å². The predicted molar refractivity (Wildman–Crippen MR) is 130 cm³/mol. The number of hydrogen-bond acceptors (Lipinski definition) is 3. The fourth-order valence-corrected chi connectivity index (χ4v) is 3.50. The third-order valence-corrected chi connectivity index (χ3v) is 5.15. The molecule has 0 radical (unpaired) electrons. The highest BCUT2D eigenvalue weighted by Crippen LogP contribution is 2.24. The normalized spacial score (nSPS) is 10.4. The van der Waals surface area contributed by atoms with Crippen LogP contribution in [0.15, 0.2) is 104 Å². The van der Waals surface area contributed by atoms with Gasteiger partial charge in [0.2, 0.25) is 11.8 Å². The summed E-state index contributed by atoms with van der Waals surface area (Å²) in [4.78, 5) is 24.4. The van der Waals surface area contributed by atoms with Crippen LogP contribution in [0.5, 0.6) is 0 Å². The third-order valence-electron chi connectivity index (χ3n) is 5.15. The molecule has 2 N–H and O–H groups in total. The Hall–Kier alpha value is -4.45. The molecule has 2 amide bonds. The Morgan fingerprint density at radius 2 is 1.55 bits per heavy atom. The number of aromatic nitrogens is 2. The third kappa shape index (κ3) is 5.43. The molecule has 0 unspecified atom stereocenters. The summed E-state index contributed by atoms with van der Waals surface area (Å²) in [6.45, 7) is 3.80. The van der Waals surface area contributed by atoms with Gasteiger partial charge in [0, 0.05) is 29.6 Å². The van der Waals surface area contributed by atoms with E-state index in [4.69, 9.17) is 5.10 Å². The molecule has 1 heterocycles. The maximum Gasteiger partial charge on any atom is 0.247 e. The van der Waals surface area contributed by atoms with E-state index in [2.05, 4.69) is 17.2 Å². The number of carbonyl (C=O) groups excluding carboxylic acids is 2. The summed E-state index contributed by atoms with van der Waals surface area (Å²) in [5.74, 6) is -0.467. The van der Waals surface area contributed by atoms with Crippen LogP contribution in [-0.2, 0) is 22.6 Å². The molecule has 1 aromatic heterocycles. The highest BCUT2D eigenvalue weighted by molar-refractivity contribution is 5.99. The summed E-state index contributed by atoms with van der Waals surface area (Å²) < 4.78 is 1.82. The molecule has 4 rings (SSSR count). The number of amides is 2. The van der Waals surface area contributed by atoms with Crippen LogP contribution < -0.4 is 10.6 Å². The van der Waals surface area contributed by atoms with Crippen LogP contribution in [0.25, 0.3) is 16.9 Å². The van der Waals surface area contributed by atoms with Gasteiger partial charge < -0.3 is 10.6 Å². The monoisotopic (exact) mass is 436 g/mol. The van der Waals surface area contributed by atoms with E-state index in [0.29, 0.717) is 12.2 Å². The molecule has 0 aliphatic heterocycles. The minimum Gasteiger partial charge on any atom is -0.352 e. The first-order valence-corrected chi connectivity index (χ1v) is 10.6. The molecule has 0 spiro atoms. The molecule has 0 aliphatic rings. The zero-order chi connectivity index (χ0) is 23.0. The molecule has 0 atom stereocenters. The summed E-state index contributed by atoms with van der Waals surface area (Å²) in [6.07, 6.45) is 3.28. The van der Waals surface area contributed by atoms with Crippen molar-refractivity contribution in [3.8, 4) is 16.9 Å². The van der Waals surface area contributed by atoms with Crippen molar-refractivity contribution < 1.29 is 9.59 Å². The first kappa shape index (κ1) is 21.8. The topological polar surface area (TPSA) is 76.0 Å². The highest BCUT2D eigenvalue weighted by atomic mass is 16.2. The van der Waals surface area contributed by atoms with Gasteiger partial charge >= 0.3 is 0 Å². The summed E-state index contributed by atoms with van der Waals surface area (Å²) >= 11 is 0. The van der Waals surface area contributed by atoms with Crippen LogP contribution in [0.1, 0.15) is 11.1 Å². The van der Waals surface area contributed by atoms with Crippen LogP contribution in [0.3, 0.4) is 0 Å². The number of para-hydroxylation sites is 2. The molecular weight excluding hydrogens is 412 g/mol.